The van der Waals surface area contributed by atoms with Crippen molar-refractivity contribution in [2.45, 2.75) is 50.0 Å². The summed E-state index contributed by atoms with van der Waals surface area (Å²) in [6.45, 7) is 3.09. The lowest BCUT2D eigenvalue weighted by Crippen LogP contribution is -2.68. The van der Waals surface area contributed by atoms with Crippen molar-refractivity contribution in [2.24, 2.45) is 11.1 Å². The third kappa shape index (κ3) is 1.42. The molecule has 1 aliphatic heterocycles. The van der Waals surface area contributed by atoms with Crippen molar-refractivity contribution < 1.29 is 19.7 Å². The average Bonchev–Trinajstić information content (AvgIpc) is 2.78. The summed E-state index contributed by atoms with van der Waals surface area (Å²) in [7, 11) is 0. The minimum Gasteiger partial charge on any atom is -0.511 e. The quantitative estimate of drug-likeness (QED) is 0.597. The van der Waals surface area contributed by atoms with E-state index < -0.39 is 22.8 Å². The van der Waals surface area contributed by atoms with Crippen LogP contribution < -0.4 is 5.73 Å². The largest absolute Gasteiger partial charge is 0.511 e. The molecular weight excluding hydrogens is 234 g/mol. The van der Waals surface area contributed by atoms with E-state index in [-0.39, 0.29) is 5.76 Å². The Labute approximate surface area is 107 Å². The molecule has 0 aromatic rings. The second-order valence-electron chi connectivity index (χ2n) is 6.01. The molecule has 0 radical (unpaired) electrons. The minimum atomic E-state index is -0.965. The number of hydrogen-bond acceptors (Lipinski definition) is 5. The Morgan fingerprint density at radius 3 is 2.67 bits per heavy atom. The Morgan fingerprint density at radius 1 is 1.33 bits per heavy atom. The van der Waals surface area contributed by atoms with Crippen LogP contribution in [0.2, 0.25) is 0 Å². The molecule has 1 saturated carbocycles. The zero-order chi connectivity index (χ0) is 13.0. The molecule has 3 aliphatic rings. The van der Waals surface area contributed by atoms with Crippen molar-refractivity contribution in [3.05, 3.63) is 11.8 Å². The van der Waals surface area contributed by atoms with Crippen molar-refractivity contribution in [3.8, 4) is 0 Å². The Hall–Kier alpha value is -0.620. The van der Waals surface area contributed by atoms with Crippen LogP contribution in [0, 0.1) is 5.41 Å². The van der Waals surface area contributed by atoms with Gasteiger partial charge in [0.2, 0.25) is 0 Å². The van der Waals surface area contributed by atoms with Crippen LogP contribution in [-0.4, -0.2) is 40.9 Å². The fourth-order valence-electron chi connectivity index (χ4n) is 3.64. The second-order valence-corrected chi connectivity index (χ2v) is 6.01. The molecule has 5 heteroatoms. The number of ether oxygens (including phenoxy) is 2. The van der Waals surface area contributed by atoms with E-state index in [0.29, 0.717) is 38.9 Å². The van der Waals surface area contributed by atoms with Crippen molar-refractivity contribution in [2.75, 3.05) is 13.2 Å². The lowest BCUT2D eigenvalue weighted by atomic mass is 9.55. The number of aliphatic hydroxyl groups is 2. The van der Waals surface area contributed by atoms with Crippen LogP contribution in [0.1, 0.15) is 32.6 Å². The zero-order valence-electron chi connectivity index (χ0n) is 10.7. The Kier molecular flexibility index (Phi) is 2.55. The molecule has 2 aliphatic carbocycles. The molecule has 0 aromatic heterocycles. The molecule has 102 valence electrons. The maximum Gasteiger partial charge on any atom is 0.170 e. The Balaban J connectivity index is 1.99. The fourth-order valence-corrected chi connectivity index (χ4v) is 3.64. The highest BCUT2D eigenvalue weighted by atomic mass is 16.7. The van der Waals surface area contributed by atoms with E-state index in [4.69, 9.17) is 15.2 Å². The Bertz CT molecular complexity index is 390. The molecule has 4 N–H and O–H groups in total. The van der Waals surface area contributed by atoms with Crippen molar-refractivity contribution in [1.29, 1.82) is 0 Å². The molecule has 2 fully saturated rings. The number of nitrogens with two attached hydrogens (primary N) is 1. The number of fused-ring (bicyclic) bond motifs is 1. The van der Waals surface area contributed by atoms with Gasteiger partial charge in [0.15, 0.2) is 5.79 Å². The summed E-state index contributed by atoms with van der Waals surface area (Å²) in [6, 6.07) is 0. The van der Waals surface area contributed by atoms with Gasteiger partial charge in [0.1, 0.15) is 5.76 Å². The van der Waals surface area contributed by atoms with E-state index in [1.165, 1.54) is 0 Å². The number of rotatable bonds is 0. The van der Waals surface area contributed by atoms with E-state index in [1.807, 2.05) is 6.92 Å². The molecule has 5 nitrogen and oxygen atoms in total. The molecular formula is C13H21NO4. The van der Waals surface area contributed by atoms with Crippen LogP contribution in [0.25, 0.3) is 0 Å². The van der Waals surface area contributed by atoms with Crippen LogP contribution in [0.5, 0.6) is 0 Å². The third-order valence-electron chi connectivity index (χ3n) is 5.13. The van der Waals surface area contributed by atoms with Gasteiger partial charge in [-0.2, -0.15) is 0 Å². The van der Waals surface area contributed by atoms with Gasteiger partial charge in [-0.15, -0.1) is 0 Å². The monoisotopic (exact) mass is 255 g/mol. The predicted molar refractivity (Wildman–Crippen MR) is 64.8 cm³/mol. The molecule has 0 unspecified atom stereocenters. The van der Waals surface area contributed by atoms with Crippen LogP contribution in [-0.2, 0) is 9.47 Å². The first-order chi connectivity index (χ1) is 8.42. The average molecular weight is 255 g/mol. The summed E-state index contributed by atoms with van der Waals surface area (Å²) in [4.78, 5) is 0. The van der Waals surface area contributed by atoms with E-state index in [2.05, 4.69) is 0 Å². The molecule has 1 saturated heterocycles. The van der Waals surface area contributed by atoms with E-state index in [0.717, 1.165) is 0 Å². The van der Waals surface area contributed by atoms with Gasteiger partial charge in [0.05, 0.1) is 24.9 Å². The van der Waals surface area contributed by atoms with Gasteiger partial charge in [-0.3, -0.25) is 0 Å². The van der Waals surface area contributed by atoms with Crippen LogP contribution in [0.15, 0.2) is 11.8 Å². The van der Waals surface area contributed by atoms with Crippen LogP contribution >= 0.6 is 0 Å². The molecule has 1 spiro atoms. The van der Waals surface area contributed by atoms with Crippen LogP contribution in [0.4, 0.5) is 0 Å². The summed E-state index contributed by atoms with van der Waals surface area (Å²) in [5.74, 6) is -0.513. The number of aliphatic hydroxyl groups excluding tert-OH is 2. The lowest BCUT2D eigenvalue weighted by molar-refractivity contribution is -0.222. The van der Waals surface area contributed by atoms with Gasteiger partial charge in [-0.05, 0) is 18.9 Å². The number of hydrogen-bond donors (Lipinski definition) is 3. The minimum absolute atomic E-state index is 0.161. The van der Waals surface area contributed by atoms with E-state index >= 15 is 0 Å². The summed E-state index contributed by atoms with van der Waals surface area (Å²) in [6.07, 6.45) is 3.35. The van der Waals surface area contributed by atoms with Gasteiger partial charge in [-0.25, -0.2) is 0 Å². The smallest absolute Gasteiger partial charge is 0.170 e. The van der Waals surface area contributed by atoms with Gasteiger partial charge >= 0.3 is 0 Å². The Morgan fingerprint density at radius 2 is 2.00 bits per heavy atom. The van der Waals surface area contributed by atoms with Crippen LogP contribution in [0.3, 0.4) is 0 Å². The van der Waals surface area contributed by atoms with Crippen molar-refractivity contribution in [1.82, 2.24) is 0 Å². The van der Waals surface area contributed by atoms with Gasteiger partial charge in [-0.1, -0.05) is 6.92 Å². The van der Waals surface area contributed by atoms with Crippen molar-refractivity contribution in [3.63, 3.8) is 0 Å². The molecule has 3 rings (SSSR count). The topological polar surface area (TPSA) is 84.9 Å². The molecule has 0 aromatic carbocycles. The maximum atomic E-state index is 10.3. The van der Waals surface area contributed by atoms with E-state index in [9.17, 15) is 10.2 Å². The van der Waals surface area contributed by atoms with Gasteiger partial charge in [0, 0.05) is 18.3 Å². The predicted octanol–water partition coefficient (Wildman–Crippen LogP) is 0.824. The molecule has 3 atom stereocenters. The molecule has 0 amide bonds. The maximum absolute atomic E-state index is 10.3. The van der Waals surface area contributed by atoms with E-state index in [1.54, 1.807) is 6.08 Å². The van der Waals surface area contributed by atoms with Gasteiger partial charge in [0.25, 0.3) is 0 Å². The molecule has 18 heavy (non-hydrogen) atoms. The SMILES string of the molecule is C[C@]12CCC3(C[C@]1(N)C(O)=CC[C@@H]2O)OCCO3. The third-order valence-corrected chi connectivity index (χ3v) is 5.13. The second kappa shape index (κ2) is 3.70. The summed E-state index contributed by atoms with van der Waals surface area (Å²) >= 11 is 0. The first-order valence-electron chi connectivity index (χ1n) is 6.56. The normalized spacial score (nSPS) is 46.8. The van der Waals surface area contributed by atoms with Crippen molar-refractivity contribution >= 4 is 0 Å². The zero-order valence-corrected chi connectivity index (χ0v) is 10.7. The molecule has 0 bridgehead atoms. The lowest BCUT2D eigenvalue weighted by Gasteiger charge is -2.57. The first kappa shape index (κ1) is 12.4. The molecule has 1 heterocycles. The highest BCUT2D eigenvalue weighted by molar-refractivity contribution is 5.27. The highest BCUT2D eigenvalue weighted by Crippen LogP contribution is 2.55. The summed E-state index contributed by atoms with van der Waals surface area (Å²) < 4.78 is 11.4. The summed E-state index contributed by atoms with van der Waals surface area (Å²) in [5, 5.41) is 20.5. The van der Waals surface area contributed by atoms with Gasteiger partial charge < -0.3 is 25.4 Å². The fraction of sp³-hybridized carbons (Fsp3) is 0.846. The standard InChI is InChI=1S/C13H21NO4/c1-11-4-5-12(17-6-7-18-12)8-13(11,14)10(16)3-2-9(11)15/h3,9,15-16H,2,4-8,14H2,1H3/t9-,11+,13-/m0/s1. The highest BCUT2D eigenvalue weighted by Gasteiger charge is 2.62. The first-order valence-corrected chi connectivity index (χ1v) is 6.56. The summed E-state index contributed by atoms with van der Waals surface area (Å²) in [5.41, 5.74) is 4.96.